The minimum Gasteiger partial charge on any atom is -0.497 e. The lowest BCUT2D eigenvalue weighted by atomic mass is 10.1. The fraction of sp³-hybridized carbons (Fsp3) is 0.207. The van der Waals surface area contributed by atoms with E-state index in [4.69, 9.17) is 33.0 Å². The number of nitrogens with zero attached hydrogens (tertiary/aromatic N) is 3. The molecule has 3 amide bonds. The second-order valence-corrected chi connectivity index (χ2v) is 9.57. The Balaban J connectivity index is 1.63. The molecule has 0 saturated carbocycles. The van der Waals surface area contributed by atoms with Gasteiger partial charge in [-0.15, -0.1) is 0 Å². The molecule has 1 aromatic heterocycles. The van der Waals surface area contributed by atoms with Gasteiger partial charge in [0.15, 0.2) is 0 Å². The summed E-state index contributed by atoms with van der Waals surface area (Å²) in [6.07, 6.45) is 0.655. The number of urea groups is 1. The highest BCUT2D eigenvalue weighted by Crippen LogP contribution is 2.34. The Morgan fingerprint density at radius 2 is 1.69 bits per heavy atom. The Morgan fingerprint density at radius 3 is 2.36 bits per heavy atom. The molecule has 0 spiro atoms. The highest BCUT2D eigenvalue weighted by molar-refractivity contribution is 6.44. The lowest BCUT2D eigenvalue weighted by Crippen LogP contribution is -2.41. The maximum Gasteiger partial charge on any atom is 0.322 e. The number of ether oxygens (including phenoxy) is 1. The second-order valence-electron chi connectivity index (χ2n) is 8.79. The number of benzene rings is 3. The van der Waals surface area contributed by atoms with Crippen molar-refractivity contribution in [2.45, 2.75) is 20.3 Å². The molecule has 1 heterocycles. The van der Waals surface area contributed by atoms with Crippen LogP contribution in [0.3, 0.4) is 0 Å². The van der Waals surface area contributed by atoms with Crippen LogP contribution in [-0.2, 0) is 4.79 Å². The number of halogens is 2. The number of hydrogen-bond acceptors (Lipinski definition) is 4. The van der Waals surface area contributed by atoms with Crippen molar-refractivity contribution >= 4 is 46.6 Å². The Labute approximate surface area is 237 Å². The standard InChI is InChI=1S/C29H29Cl2N5O3/c1-4-17-35(29(38)32-24-12-8-11-23(30)27(24)31)18-25(37)33-28-26(20-9-6-5-7-10-20)19(2)34-36(28)21-13-15-22(39-3)16-14-21/h5-16H,4,17-18H2,1-3H3,(H,32,38)(H,33,37). The molecule has 0 fully saturated rings. The lowest BCUT2D eigenvalue weighted by molar-refractivity contribution is -0.116. The van der Waals surface area contributed by atoms with Gasteiger partial charge in [-0.25, -0.2) is 9.48 Å². The van der Waals surface area contributed by atoms with Crippen molar-refractivity contribution in [1.29, 1.82) is 0 Å². The summed E-state index contributed by atoms with van der Waals surface area (Å²) in [5.41, 5.74) is 3.55. The number of hydrogen-bond donors (Lipinski definition) is 2. The quantitative estimate of drug-likeness (QED) is 0.227. The molecular weight excluding hydrogens is 537 g/mol. The average Bonchev–Trinajstić information content (AvgIpc) is 3.26. The molecule has 4 rings (SSSR count). The van der Waals surface area contributed by atoms with Crippen LogP contribution in [0.4, 0.5) is 16.3 Å². The highest BCUT2D eigenvalue weighted by Gasteiger charge is 2.23. The van der Waals surface area contributed by atoms with Gasteiger partial charge in [0.25, 0.3) is 0 Å². The first-order chi connectivity index (χ1) is 18.8. The van der Waals surface area contributed by atoms with Gasteiger partial charge >= 0.3 is 6.03 Å². The summed E-state index contributed by atoms with van der Waals surface area (Å²) in [4.78, 5) is 27.9. The zero-order valence-corrected chi connectivity index (χ0v) is 23.4. The molecule has 0 aliphatic heterocycles. The van der Waals surface area contributed by atoms with Gasteiger partial charge in [-0.2, -0.15) is 5.10 Å². The third-order valence-electron chi connectivity index (χ3n) is 6.01. The second kappa shape index (κ2) is 12.7. The first kappa shape index (κ1) is 28.0. The van der Waals surface area contributed by atoms with Crippen molar-refractivity contribution in [3.8, 4) is 22.6 Å². The van der Waals surface area contributed by atoms with Gasteiger partial charge in [-0.05, 0) is 55.3 Å². The van der Waals surface area contributed by atoms with E-state index in [1.54, 1.807) is 30.0 Å². The normalized spacial score (nSPS) is 10.7. The van der Waals surface area contributed by atoms with Crippen molar-refractivity contribution in [2.75, 3.05) is 30.8 Å². The summed E-state index contributed by atoms with van der Waals surface area (Å²) in [6, 6.07) is 21.6. The van der Waals surface area contributed by atoms with Crippen LogP contribution in [0.1, 0.15) is 19.0 Å². The van der Waals surface area contributed by atoms with Crippen LogP contribution in [0.15, 0.2) is 72.8 Å². The van der Waals surface area contributed by atoms with Crippen LogP contribution in [0.5, 0.6) is 5.75 Å². The number of aromatic nitrogens is 2. The van der Waals surface area contributed by atoms with Crippen LogP contribution >= 0.6 is 23.2 Å². The van der Waals surface area contributed by atoms with Gasteiger partial charge in [0.1, 0.15) is 18.1 Å². The summed E-state index contributed by atoms with van der Waals surface area (Å²) >= 11 is 12.3. The van der Waals surface area contributed by atoms with E-state index in [-0.39, 0.29) is 17.5 Å². The summed E-state index contributed by atoms with van der Waals surface area (Å²) in [6.45, 7) is 4.00. The van der Waals surface area contributed by atoms with E-state index >= 15 is 0 Å². The number of amides is 3. The van der Waals surface area contributed by atoms with Gasteiger partial charge < -0.3 is 20.3 Å². The number of carbonyl (C=O) groups excluding carboxylic acids is 2. The molecule has 4 aromatic rings. The fourth-order valence-electron chi connectivity index (χ4n) is 4.17. The third kappa shape index (κ3) is 6.53. The molecule has 0 aliphatic rings. The molecule has 0 radical (unpaired) electrons. The van der Waals surface area contributed by atoms with E-state index in [0.717, 1.165) is 22.5 Å². The molecule has 10 heteroatoms. The predicted molar refractivity (Wildman–Crippen MR) is 156 cm³/mol. The molecule has 39 heavy (non-hydrogen) atoms. The molecule has 202 valence electrons. The average molecular weight is 566 g/mol. The van der Waals surface area contributed by atoms with Crippen molar-refractivity contribution in [2.24, 2.45) is 0 Å². The van der Waals surface area contributed by atoms with Crippen molar-refractivity contribution in [3.63, 3.8) is 0 Å². The van der Waals surface area contributed by atoms with E-state index in [9.17, 15) is 9.59 Å². The monoisotopic (exact) mass is 565 g/mol. The highest BCUT2D eigenvalue weighted by atomic mass is 35.5. The van der Waals surface area contributed by atoms with E-state index in [0.29, 0.717) is 35.2 Å². The number of nitrogens with one attached hydrogen (secondary N) is 2. The number of anilines is 2. The zero-order valence-electron chi connectivity index (χ0n) is 21.9. The Hall–Kier alpha value is -4.01. The first-order valence-electron chi connectivity index (χ1n) is 12.4. The summed E-state index contributed by atoms with van der Waals surface area (Å²) in [7, 11) is 1.60. The van der Waals surface area contributed by atoms with E-state index in [1.165, 1.54) is 4.90 Å². The van der Waals surface area contributed by atoms with Crippen LogP contribution in [-0.4, -0.2) is 46.8 Å². The van der Waals surface area contributed by atoms with Crippen molar-refractivity contribution < 1.29 is 14.3 Å². The summed E-state index contributed by atoms with van der Waals surface area (Å²) in [5.74, 6) is 0.837. The fourth-order valence-corrected chi connectivity index (χ4v) is 4.51. The maximum atomic E-state index is 13.4. The van der Waals surface area contributed by atoms with Gasteiger partial charge in [0, 0.05) is 12.1 Å². The first-order valence-corrected chi connectivity index (χ1v) is 13.2. The van der Waals surface area contributed by atoms with Crippen LogP contribution in [0, 0.1) is 6.92 Å². The Kier molecular flexibility index (Phi) is 9.11. The zero-order chi connectivity index (χ0) is 27.9. The minimum atomic E-state index is -0.459. The molecule has 2 N–H and O–H groups in total. The Morgan fingerprint density at radius 1 is 0.974 bits per heavy atom. The molecular formula is C29H29Cl2N5O3. The largest absolute Gasteiger partial charge is 0.497 e. The predicted octanol–water partition coefficient (Wildman–Crippen LogP) is 7.05. The van der Waals surface area contributed by atoms with Gasteiger partial charge in [0.2, 0.25) is 5.91 Å². The van der Waals surface area contributed by atoms with Crippen molar-refractivity contribution in [1.82, 2.24) is 14.7 Å². The Bertz CT molecular complexity index is 1460. The van der Waals surface area contributed by atoms with Gasteiger partial charge in [-0.1, -0.05) is 66.5 Å². The molecule has 0 saturated heterocycles. The van der Waals surface area contributed by atoms with E-state index < -0.39 is 6.03 Å². The summed E-state index contributed by atoms with van der Waals surface area (Å²) in [5, 5.41) is 11.1. The SMILES string of the molecule is CCCN(CC(=O)Nc1c(-c2ccccc2)c(C)nn1-c1ccc(OC)cc1)C(=O)Nc1cccc(Cl)c1Cl. The lowest BCUT2D eigenvalue weighted by Gasteiger charge is -2.23. The number of methoxy groups -OCH3 is 1. The molecule has 0 bridgehead atoms. The topological polar surface area (TPSA) is 88.5 Å². The van der Waals surface area contributed by atoms with Gasteiger partial charge in [-0.3, -0.25) is 4.79 Å². The summed E-state index contributed by atoms with van der Waals surface area (Å²) < 4.78 is 6.97. The molecule has 0 atom stereocenters. The molecule has 3 aromatic carbocycles. The smallest absolute Gasteiger partial charge is 0.322 e. The van der Waals surface area contributed by atoms with Crippen LogP contribution in [0.25, 0.3) is 16.8 Å². The van der Waals surface area contributed by atoms with Crippen LogP contribution < -0.4 is 15.4 Å². The van der Waals surface area contributed by atoms with E-state index in [2.05, 4.69) is 10.6 Å². The number of rotatable bonds is 9. The van der Waals surface area contributed by atoms with Crippen LogP contribution in [0.2, 0.25) is 10.0 Å². The maximum absolute atomic E-state index is 13.4. The number of aryl methyl sites for hydroxylation is 1. The minimum absolute atomic E-state index is 0.182. The van der Waals surface area contributed by atoms with E-state index in [1.807, 2.05) is 68.4 Å². The molecule has 8 nitrogen and oxygen atoms in total. The molecule has 0 aliphatic carbocycles. The van der Waals surface area contributed by atoms with Gasteiger partial charge in [0.05, 0.1) is 34.2 Å². The number of carbonyl (C=O) groups is 2. The van der Waals surface area contributed by atoms with Crippen molar-refractivity contribution in [3.05, 3.63) is 88.5 Å². The third-order valence-corrected chi connectivity index (χ3v) is 6.82. The molecule has 0 unspecified atom stereocenters.